The molecule has 0 aliphatic rings. The van der Waals surface area contributed by atoms with Crippen LogP contribution in [-0.4, -0.2) is 16.8 Å². The summed E-state index contributed by atoms with van der Waals surface area (Å²) in [4.78, 5) is 2.93. The van der Waals surface area contributed by atoms with E-state index < -0.39 is 12.8 Å². The summed E-state index contributed by atoms with van der Waals surface area (Å²) in [6.45, 7) is 2.94. The standard InChI is InChI=1S/C8H12FNO/c1-5-4-10-6(2)8(5)7(11)3-9/h4,7,10-11H,3H2,1-2H3. The van der Waals surface area contributed by atoms with Gasteiger partial charge in [-0.25, -0.2) is 4.39 Å². The van der Waals surface area contributed by atoms with Crippen molar-refractivity contribution in [3.05, 3.63) is 23.0 Å². The number of H-pyrrole nitrogens is 1. The summed E-state index contributed by atoms with van der Waals surface area (Å²) < 4.78 is 12.0. The molecule has 1 aromatic heterocycles. The minimum atomic E-state index is -0.971. The second kappa shape index (κ2) is 3.05. The molecule has 2 nitrogen and oxygen atoms in total. The molecule has 0 saturated heterocycles. The number of aromatic amines is 1. The minimum Gasteiger partial charge on any atom is -0.386 e. The van der Waals surface area contributed by atoms with Crippen LogP contribution in [0.25, 0.3) is 0 Å². The Kier molecular flexibility index (Phi) is 2.29. The lowest BCUT2D eigenvalue weighted by molar-refractivity contribution is 0.140. The number of aliphatic hydroxyl groups excluding tert-OH is 1. The van der Waals surface area contributed by atoms with E-state index in [1.807, 2.05) is 13.8 Å². The highest BCUT2D eigenvalue weighted by Gasteiger charge is 2.13. The Labute approximate surface area is 65.1 Å². The highest BCUT2D eigenvalue weighted by atomic mass is 19.1. The Morgan fingerprint density at radius 3 is 2.64 bits per heavy atom. The van der Waals surface area contributed by atoms with Crippen molar-refractivity contribution >= 4 is 0 Å². The molecule has 0 fully saturated rings. The number of rotatable bonds is 2. The van der Waals surface area contributed by atoms with E-state index in [9.17, 15) is 9.50 Å². The maximum absolute atomic E-state index is 12.0. The third kappa shape index (κ3) is 1.43. The zero-order valence-electron chi connectivity index (χ0n) is 6.69. The molecule has 0 aromatic carbocycles. The minimum absolute atomic E-state index is 0.688. The van der Waals surface area contributed by atoms with Crippen LogP contribution in [-0.2, 0) is 0 Å². The summed E-state index contributed by atoms with van der Waals surface area (Å²) in [6.07, 6.45) is 0.796. The molecule has 0 aliphatic carbocycles. The number of aryl methyl sites for hydroxylation is 2. The highest BCUT2D eigenvalue weighted by Crippen LogP contribution is 2.20. The smallest absolute Gasteiger partial charge is 0.120 e. The van der Waals surface area contributed by atoms with Crippen LogP contribution in [0.15, 0.2) is 6.20 Å². The van der Waals surface area contributed by atoms with Crippen molar-refractivity contribution in [3.63, 3.8) is 0 Å². The lowest BCUT2D eigenvalue weighted by atomic mass is 10.1. The number of hydrogen-bond donors (Lipinski definition) is 2. The fourth-order valence-corrected chi connectivity index (χ4v) is 1.26. The van der Waals surface area contributed by atoms with E-state index in [0.717, 1.165) is 11.3 Å². The third-order valence-electron chi connectivity index (χ3n) is 1.81. The van der Waals surface area contributed by atoms with Gasteiger partial charge >= 0.3 is 0 Å². The molecule has 1 atom stereocenters. The van der Waals surface area contributed by atoms with E-state index >= 15 is 0 Å². The lowest BCUT2D eigenvalue weighted by Crippen LogP contribution is -2.01. The Bertz CT molecular complexity index is 225. The van der Waals surface area contributed by atoms with Crippen molar-refractivity contribution in [1.82, 2.24) is 4.98 Å². The van der Waals surface area contributed by atoms with Gasteiger partial charge in [-0.3, -0.25) is 0 Å². The molecule has 0 amide bonds. The summed E-state index contributed by atoms with van der Waals surface area (Å²) in [5.41, 5.74) is 2.44. The zero-order valence-corrected chi connectivity index (χ0v) is 6.69. The van der Waals surface area contributed by atoms with Crippen LogP contribution in [0.1, 0.15) is 22.9 Å². The Hall–Kier alpha value is -0.830. The van der Waals surface area contributed by atoms with Crippen LogP contribution in [0.2, 0.25) is 0 Å². The van der Waals surface area contributed by atoms with Crippen molar-refractivity contribution < 1.29 is 9.50 Å². The van der Waals surface area contributed by atoms with Crippen molar-refractivity contribution in [2.24, 2.45) is 0 Å². The molecule has 0 saturated carbocycles. The summed E-state index contributed by atoms with van der Waals surface area (Å²) >= 11 is 0. The van der Waals surface area contributed by atoms with E-state index in [-0.39, 0.29) is 0 Å². The Morgan fingerprint density at radius 2 is 2.27 bits per heavy atom. The molecule has 3 heteroatoms. The van der Waals surface area contributed by atoms with Crippen LogP contribution in [0.3, 0.4) is 0 Å². The van der Waals surface area contributed by atoms with Crippen molar-refractivity contribution in [2.75, 3.05) is 6.67 Å². The normalized spacial score (nSPS) is 13.5. The highest BCUT2D eigenvalue weighted by molar-refractivity contribution is 5.30. The van der Waals surface area contributed by atoms with Gasteiger partial charge in [0.25, 0.3) is 0 Å². The van der Waals surface area contributed by atoms with E-state index in [4.69, 9.17) is 0 Å². The number of nitrogens with one attached hydrogen (secondary N) is 1. The SMILES string of the molecule is Cc1c[nH]c(C)c1C(O)CF. The van der Waals surface area contributed by atoms with Gasteiger partial charge in [-0.1, -0.05) is 0 Å². The average molecular weight is 157 g/mol. The van der Waals surface area contributed by atoms with Crippen LogP contribution < -0.4 is 0 Å². The largest absolute Gasteiger partial charge is 0.386 e. The van der Waals surface area contributed by atoms with Crippen LogP contribution in [0.5, 0.6) is 0 Å². The number of aromatic nitrogens is 1. The second-order valence-electron chi connectivity index (χ2n) is 2.68. The van der Waals surface area contributed by atoms with Gasteiger partial charge < -0.3 is 10.1 Å². The van der Waals surface area contributed by atoms with E-state index in [1.54, 1.807) is 6.20 Å². The predicted molar refractivity (Wildman–Crippen MR) is 41.2 cm³/mol. The monoisotopic (exact) mass is 157 g/mol. The first-order valence-electron chi connectivity index (χ1n) is 3.55. The Balaban J connectivity index is 3.00. The van der Waals surface area contributed by atoms with Crippen molar-refractivity contribution in [2.45, 2.75) is 20.0 Å². The van der Waals surface area contributed by atoms with E-state index in [2.05, 4.69) is 4.98 Å². The molecule has 0 bridgehead atoms. The number of hydrogen-bond acceptors (Lipinski definition) is 1. The molecule has 1 aromatic rings. The molecule has 1 heterocycles. The molecule has 0 aliphatic heterocycles. The summed E-state index contributed by atoms with van der Waals surface area (Å²) in [5.74, 6) is 0. The average Bonchev–Trinajstić information content (AvgIpc) is 2.30. The van der Waals surface area contributed by atoms with Crippen LogP contribution in [0, 0.1) is 13.8 Å². The fourth-order valence-electron chi connectivity index (χ4n) is 1.26. The molecule has 2 N–H and O–H groups in total. The molecule has 1 rings (SSSR count). The quantitative estimate of drug-likeness (QED) is 0.672. The van der Waals surface area contributed by atoms with Crippen molar-refractivity contribution in [1.29, 1.82) is 0 Å². The molecule has 0 spiro atoms. The molecule has 11 heavy (non-hydrogen) atoms. The lowest BCUT2D eigenvalue weighted by Gasteiger charge is -2.06. The first-order valence-corrected chi connectivity index (χ1v) is 3.55. The summed E-state index contributed by atoms with van der Waals surface area (Å²) in [5, 5.41) is 9.18. The predicted octanol–water partition coefficient (Wildman–Crippen LogP) is 1.63. The van der Waals surface area contributed by atoms with E-state index in [0.29, 0.717) is 5.56 Å². The molecular weight excluding hydrogens is 145 g/mol. The number of aliphatic hydroxyl groups is 1. The fraction of sp³-hybridized carbons (Fsp3) is 0.500. The van der Waals surface area contributed by atoms with Gasteiger partial charge in [0.15, 0.2) is 0 Å². The van der Waals surface area contributed by atoms with Gasteiger partial charge in [0.1, 0.15) is 12.8 Å². The first kappa shape index (κ1) is 8.27. The van der Waals surface area contributed by atoms with Gasteiger partial charge in [0.2, 0.25) is 0 Å². The topological polar surface area (TPSA) is 36.0 Å². The van der Waals surface area contributed by atoms with Gasteiger partial charge in [0.05, 0.1) is 0 Å². The van der Waals surface area contributed by atoms with Gasteiger partial charge in [-0.2, -0.15) is 0 Å². The summed E-state index contributed by atoms with van der Waals surface area (Å²) in [6, 6.07) is 0. The molecule has 62 valence electrons. The van der Waals surface area contributed by atoms with Gasteiger partial charge in [0, 0.05) is 17.5 Å². The zero-order chi connectivity index (χ0) is 8.43. The van der Waals surface area contributed by atoms with Crippen LogP contribution >= 0.6 is 0 Å². The van der Waals surface area contributed by atoms with Crippen molar-refractivity contribution in [3.8, 4) is 0 Å². The maximum Gasteiger partial charge on any atom is 0.120 e. The number of alkyl halides is 1. The molecular formula is C8H12FNO. The maximum atomic E-state index is 12.0. The first-order chi connectivity index (χ1) is 5.16. The molecule has 1 unspecified atom stereocenters. The third-order valence-corrected chi connectivity index (χ3v) is 1.81. The van der Waals surface area contributed by atoms with Gasteiger partial charge in [-0.05, 0) is 19.4 Å². The van der Waals surface area contributed by atoms with Gasteiger partial charge in [-0.15, -0.1) is 0 Å². The van der Waals surface area contributed by atoms with Crippen LogP contribution in [0.4, 0.5) is 4.39 Å². The Morgan fingerprint density at radius 1 is 1.64 bits per heavy atom. The number of halogens is 1. The van der Waals surface area contributed by atoms with E-state index in [1.165, 1.54) is 0 Å². The molecule has 0 radical (unpaired) electrons. The summed E-state index contributed by atoms with van der Waals surface area (Å²) in [7, 11) is 0. The second-order valence-corrected chi connectivity index (χ2v) is 2.68.